The van der Waals surface area contributed by atoms with E-state index in [4.69, 9.17) is 15.2 Å². The van der Waals surface area contributed by atoms with E-state index in [1.807, 2.05) is 0 Å². The minimum atomic E-state index is -0.700. The van der Waals surface area contributed by atoms with Gasteiger partial charge in [0.25, 0.3) is 11.5 Å². The Labute approximate surface area is 107 Å². The van der Waals surface area contributed by atoms with Crippen molar-refractivity contribution in [2.75, 3.05) is 6.79 Å². The van der Waals surface area contributed by atoms with Gasteiger partial charge >= 0.3 is 0 Å². The summed E-state index contributed by atoms with van der Waals surface area (Å²) < 4.78 is 11.5. The maximum absolute atomic E-state index is 11.8. The zero-order valence-corrected chi connectivity index (χ0v) is 9.70. The summed E-state index contributed by atoms with van der Waals surface area (Å²) >= 11 is 0. The molecule has 1 aromatic carbocycles. The summed E-state index contributed by atoms with van der Waals surface area (Å²) in [5, 5.41) is 3.90. The topological polar surface area (TPSA) is 96.4 Å². The summed E-state index contributed by atoms with van der Waals surface area (Å²) in [5.74, 6) is 0.424. The first kappa shape index (κ1) is 11.3. The number of hydrogen-bond acceptors (Lipinski definition) is 5. The van der Waals surface area contributed by atoms with Crippen molar-refractivity contribution < 1.29 is 14.3 Å². The molecule has 96 valence electrons. The lowest BCUT2D eigenvalue weighted by atomic mass is 10.3. The van der Waals surface area contributed by atoms with Gasteiger partial charge in [-0.05, 0) is 18.2 Å². The fraction of sp³-hybridized carbons (Fsp3) is 0.0833. The van der Waals surface area contributed by atoms with Crippen LogP contribution in [0.5, 0.6) is 11.5 Å². The molecule has 0 bridgehead atoms. The summed E-state index contributed by atoms with van der Waals surface area (Å²) in [4.78, 5) is 22.9. The van der Waals surface area contributed by atoms with Crippen LogP contribution >= 0.6 is 0 Å². The first-order chi connectivity index (χ1) is 9.15. The second-order valence-corrected chi connectivity index (χ2v) is 3.87. The molecule has 0 saturated heterocycles. The molecule has 0 spiro atoms. The summed E-state index contributed by atoms with van der Waals surface area (Å²) in [6.45, 7) is 0.141. The Bertz CT molecular complexity index is 723. The molecular formula is C12H9N3O4. The van der Waals surface area contributed by atoms with Gasteiger partial charge in [0.1, 0.15) is 5.69 Å². The number of carbonyl (C=O) groups excluding carboxylic acids is 1. The van der Waals surface area contributed by atoms with Crippen LogP contribution in [-0.4, -0.2) is 22.5 Å². The molecule has 3 rings (SSSR count). The van der Waals surface area contributed by atoms with Gasteiger partial charge in [-0.1, -0.05) is 0 Å². The molecule has 1 aliphatic rings. The largest absolute Gasteiger partial charge is 0.454 e. The second kappa shape index (κ2) is 4.13. The molecule has 19 heavy (non-hydrogen) atoms. The Hall–Kier alpha value is -2.83. The van der Waals surface area contributed by atoms with Crippen LogP contribution in [0.15, 0.2) is 35.1 Å². The van der Waals surface area contributed by atoms with Crippen molar-refractivity contribution in [2.45, 2.75) is 0 Å². The van der Waals surface area contributed by atoms with Gasteiger partial charge in [-0.2, -0.15) is 9.78 Å². The van der Waals surface area contributed by atoms with Crippen molar-refractivity contribution in [2.24, 2.45) is 5.73 Å². The minimum absolute atomic E-state index is 0.0114. The van der Waals surface area contributed by atoms with Crippen molar-refractivity contribution in [3.05, 3.63) is 46.4 Å². The number of hydrogen-bond donors (Lipinski definition) is 1. The number of aromatic nitrogens is 2. The summed E-state index contributed by atoms with van der Waals surface area (Å²) in [7, 11) is 0. The van der Waals surface area contributed by atoms with E-state index in [9.17, 15) is 9.59 Å². The zero-order valence-electron chi connectivity index (χ0n) is 9.70. The van der Waals surface area contributed by atoms with E-state index in [0.717, 1.165) is 4.68 Å². The molecule has 2 heterocycles. The summed E-state index contributed by atoms with van der Waals surface area (Å²) in [6, 6.07) is 7.45. The van der Waals surface area contributed by atoms with E-state index in [1.165, 1.54) is 12.1 Å². The van der Waals surface area contributed by atoms with Gasteiger partial charge in [0.05, 0.1) is 5.69 Å². The van der Waals surface area contributed by atoms with Gasteiger partial charge < -0.3 is 15.2 Å². The molecule has 0 radical (unpaired) electrons. The van der Waals surface area contributed by atoms with Gasteiger partial charge in [-0.15, -0.1) is 0 Å². The van der Waals surface area contributed by atoms with Gasteiger partial charge in [0.15, 0.2) is 11.5 Å². The fourth-order valence-corrected chi connectivity index (χ4v) is 1.74. The van der Waals surface area contributed by atoms with Crippen molar-refractivity contribution in [3.8, 4) is 17.2 Å². The highest BCUT2D eigenvalue weighted by Gasteiger charge is 2.15. The van der Waals surface area contributed by atoms with Crippen LogP contribution < -0.4 is 20.8 Å². The quantitative estimate of drug-likeness (QED) is 0.822. The Morgan fingerprint density at radius 1 is 1.21 bits per heavy atom. The molecule has 1 aromatic heterocycles. The maximum Gasteiger partial charge on any atom is 0.271 e. The molecule has 7 heteroatoms. The number of benzene rings is 1. The highest BCUT2D eigenvalue weighted by atomic mass is 16.7. The first-order valence-corrected chi connectivity index (χ1v) is 5.45. The zero-order chi connectivity index (χ0) is 13.4. The second-order valence-electron chi connectivity index (χ2n) is 3.87. The summed E-state index contributed by atoms with van der Waals surface area (Å²) in [6.07, 6.45) is 0. The number of nitrogens with two attached hydrogens (primary N) is 1. The van der Waals surface area contributed by atoms with Crippen LogP contribution in [0.25, 0.3) is 5.69 Å². The van der Waals surface area contributed by atoms with E-state index >= 15 is 0 Å². The van der Waals surface area contributed by atoms with Gasteiger partial charge in [-0.25, -0.2) is 0 Å². The molecule has 1 amide bonds. The Kier molecular flexibility index (Phi) is 2.45. The van der Waals surface area contributed by atoms with Crippen molar-refractivity contribution >= 4 is 5.91 Å². The predicted molar refractivity (Wildman–Crippen MR) is 64.5 cm³/mol. The molecule has 2 N–H and O–H groups in total. The molecular weight excluding hydrogens is 250 g/mol. The lowest BCUT2D eigenvalue weighted by Crippen LogP contribution is -2.25. The molecule has 7 nitrogen and oxygen atoms in total. The van der Waals surface area contributed by atoms with E-state index in [2.05, 4.69) is 5.10 Å². The van der Waals surface area contributed by atoms with E-state index < -0.39 is 5.91 Å². The van der Waals surface area contributed by atoms with E-state index in [0.29, 0.717) is 17.2 Å². The summed E-state index contributed by atoms with van der Waals surface area (Å²) in [5.41, 5.74) is 5.25. The Balaban J connectivity index is 2.13. The third-order valence-electron chi connectivity index (χ3n) is 2.65. The Morgan fingerprint density at radius 2 is 2.00 bits per heavy atom. The van der Waals surface area contributed by atoms with Crippen LogP contribution in [-0.2, 0) is 0 Å². The van der Waals surface area contributed by atoms with E-state index in [1.54, 1.807) is 18.2 Å². The first-order valence-electron chi connectivity index (χ1n) is 5.45. The molecule has 1 aliphatic heterocycles. The van der Waals surface area contributed by atoms with Crippen LogP contribution in [0, 0.1) is 0 Å². The van der Waals surface area contributed by atoms with Crippen LogP contribution in [0.4, 0.5) is 0 Å². The van der Waals surface area contributed by atoms with Gasteiger partial charge in [-0.3, -0.25) is 9.59 Å². The SMILES string of the molecule is NC(=O)c1ccc(=O)n(-c2ccc3c(c2)OCO3)n1. The maximum atomic E-state index is 11.8. The van der Waals surface area contributed by atoms with Crippen molar-refractivity contribution in [1.82, 2.24) is 9.78 Å². The standard InChI is InChI=1S/C12H9N3O4/c13-12(17)8-2-4-11(16)15(14-8)7-1-3-9-10(5-7)19-6-18-9/h1-5H,6H2,(H2,13,17). The van der Waals surface area contributed by atoms with Crippen LogP contribution in [0.1, 0.15) is 10.5 Å². The highest BCUT2D eigenvalue weighted by Crippen LogP contribution is 2.33. The lowest BCUT2D eigenvalue weighted by molar-refractivity contribution is 0.0994. The number of carbonyl (C=O) groups is 1. The van der Waals surface area contributed by atoms with E-state index in [-0.39, 0.29) is 18.0 Å². The smallest absolute Gasteiger partial charge is 0.271 e. The number of rotatable bonds is 2. The molecule has 0 atom stereocenters. The number of ether oxygens (including phenoxy) is 2. The normalized spacial score (nSPS) is 12.4. The Morgan fingerprint density at radius 3 is 2.79 bits per heavy atom. The number of amides is 1. The number of nitrogens with zero attached hydrogens (tertiary/aromatic N) is 2. The van der Waals surface area contributed by atoms with Crippen molar-refractivity contribution in [1.29, 1.82) is 0 Å². The molecule has 0 unspecified atom stereocenters. The fourth-order valence-electron chi connectivity index (χ4n) is 1.74. The molecule has 2 aromatic rings. The highest BCUT2D eigenvalue weighted by molar-refractivity contribution is 5.90. The average Bonchev–Trinajstić information content (AvgIpc) is 2.86. The van der Waals surface area contributed by atoms with Crippen LogP contribution in [0.2, 0.25) is 0 Å². The molecule has 0 saturated carbocycles. The number of primary amides is 1. The van der Waals surface area contributed by atoms with Gasteiger partial charge in [0, 0.05) is 12.1 Å². The molecule has 0 aliphatic carbocycles. The third kappa shape index (κ3) is 1.90. The molecule has 0 fully saturated rings. The predicted octanol–water partition coefficient (Wildman–Crippen LogP) is 0.0601. The monoisotopic (exact) mass is 259 g/mol. The number of fused-ring (bicyclic) bond motifs is 1. The van der Waals surface area contributed by atoms with Crippen LogP contribution in [0.3, 0.4) is 0 Å². The minimum Gasteiger partial charge on any atom is -0.454 e. The van der Waals surface area contributed by atoms with Gasteiger partial charge in [0.2, 0.25) is 6.79 Å². The average molecular weight is 259 g/mol. The lowest BCUT2D eigenvalue weighted by Gasteiger charge is -2.06. The van der Waals surface area contributed by atoms with Crippen molar-refractivity contribution in [3.63, 3.8) is 0 Å². The third-order valence-corrected chi connectivity index (χ3v) is 2.65.